The van der Waals surface area contributed by atoms with Gasteiger partial charge in [0.05, 0.1) is 15.1 Å². The average Bonchev–Trinajstić information content (AvgIpc) is 3.21. The predicted molar refractivity (Wildman–Crippen MR) is 131 cm³/mol. The molecule has 2 aromatic carbocycles. The third kappa shape index (κ3) is 5.70. The Hall–Kier alpha value is -2.82. The van der Waals surface area contributed by atoms with Gasteiger partial charge < -0.3 is 10.2 Å². The van der Waals surface area contributed by atoms with Gasteiger partial charge in [-0.25, -0.2) is 4.98 Å². The highest BCUT2D eigenvalue weighted by atomic mass is 79.9. The number of carbonyl (C=O) groups excluding carboxylic acids is 1. The lowest BCUT2D eigenvalue weighted by atomic mass is 10.2. The number of amides is 1. The quantitative estimate of drug-likeness (QED) is 0.291. The van der Waals surface area contributed by atoms with Crippen molar-refractivity contribution in [1.82, 2.24) is 15.2 Å². The van der Waals surface area contributed by atoms with Gasteiger partial charge in [-0.05, 0) is 42.0 Å². The van der Waals surface area contributed by atoms with E-state index >= 15 is 0 Å². The molecule has 4 rings (SSSR count). The summed E-state index contributed by atoms with van der Waals surface area (Å²) < 4.78 is 2.25. The highest BCUT2D eigenvalue weighted by molar-refractivity contribution is 9.10. The van der Waals surface area contributed by atoms with Gasteiger partial charge in [-0.1, -0.05) is 27.3 Å². The smallest absolute Gasteiger partial charge is 0.269 e. The summed E-state index contributed by atoms with van der Waals surface area (Å²) >= 11 is 5.23. The van der Waals surface area contributed by atoms with Crippen LogP contribution in [-0.2, 0) is 4.79 Å². The van der Waals surface area contributed by atoms with E-state index in [1.807, 2.05) is 12.1 Å². The fraction of sp³-hybridized carbons (Fsp3) is 0.273. The van der Waals surface area contributed by atoms with Crippen LogP contribution in [0, 0.1) is 10.1 Å². The molecule has 0 radical (unpaired) electrons. The van der Waals surface area contributed by atoms with Gasteiger partial charge in [-0.3, -0.25) is 19.8 Å². The summed E-state index contributed by atoms with van der Waals surface area (Å²) in [5, 5.41) is 14.6. The Labute approximate surface area is 197 Å². The van der Waals surface area contributed by atoms with Crippen molar-refractivity contribution in [1.29, 1.82) is 0 Å². The van der Waals surface area contributed by atoms with E-state index in [-0.39, 0.29) is 11.6 Å². The molecule has 8 nitrogen and oxygen atoms in total. The summed E-state index contributed by atoms with van der Waals surface area (Å²) in [7, 11) is 0. The molecule has 32 heavy (non-hydrogen) atoms. The van der Waals surface area contributed by atoms with Crippen LogP contribution in [0.15, 0.2) is 53.0 Å². The number of hydrogen-bond acceptors (Lipinski definition) is 7. The molecule has 1 aliphatic rings. The molecule has 1 amide bonds. The lowest BCUT2D eigenvalue weighted by Crippen LogP contribution is -2.48. The van der Waals surface area contributed by atoms with Gasteiger partial charge in [-0.15, -0.1) is 0 Å². The second-order valence-corrected chi connectivity index (χ2v) is 9.33. The summed E-state index contributed by atoms with van der Waals surface area (Å²) in [4.78, 5) is 31.7. The van der Waals surface area contributed by atoms with E-state index in [2.05, 4.69) is 37.1 Å². The van der Waals surface area contributed by atoms with E-state index in [1.54, 1.807) is 29.5 Å². The van der Waals surface area contributed by atoms with E-state index in [4.69, 9.17) is 4.98 Å². The molecular formula is C22H22BrN5O3S. The first kappa shape index (κ1) is 22.4. The molecule has 3 aromatic rings. The molecule has 1 N–H and O–H groups in total. The number of nitrogens with zero attached hydrogens (tertiary/aromatic N) is 4. The molecule has 0 bridgehead atoms. The number of nitro groups is 1. The van der Waals surface area contributed by atoms with Gasteiger partial charge >= 0.3 is 0 Å². The van der Waals surface area contributed by atoms with E-state index in [1.165, 1.54) is 22.9 Å². The van der Waals surface area contributed by atoms with E-state index in [0.29, 0.717) is 6.54 Å². The molecule has 0 aliphatic carbocycles. The van der Waals surface area contributed by atoms with Crippen molar-refractivity contribution in [2.24, 2.45) is 0 Å². The van der Waals surface area contributed by atoms with Crippen LogP contribution in [0.4, 0.5) is 10.8 Å². The number of aromatic nitrogens is 1. The molecule has 1 aliphatic heterocycles. The van der Waals surface area contributed by atoms with Crippen LogP contribution in [0.1, 0.15) is 5.56 Å². The second-order valence-electron chi connectivity index (χ2n) is 7.41. The van der Waals surface area contributed by atoms with Crippen molar-refractivity contribution in [3.63, 3.8) is 0 Å². The molecule has 1 aromatic heterocycles. The highest BCUT2D eigenvalue weighted by Crippen LogP contribution is 2.31. The molecule has 0 unspecified atom stereocenters. The van der Waals surface area contributed by atoms with Gasteiger partial charge in [-0.2, -0.15) is 0 Å². The molecule has 10 heteroatoms. The summed E-state index contributed by atoms with van der Waals surface area (Å²) in [6.45, 7) is 5.03. The normalized spacial score (nSPS) is 14.8. The molecule has 2 heterocycles. The molecule has 0 atom stereocenters. The average molecular weight is 516 g/mol. The van der Waals surface area contributed by atoms with Crippen LogP contribution < -0.4 is 10.2 Å². The summed E-state index contributed by atoms with van der Waals surface area (Å²) in [6, 6.07) is 12.2. The van der Waals surface area contributed by atoms with Crippen LogP contribution >= 0.6 is 27.3 Å². The third-order valence-electron chi connectivity index (χ3n) is 5.24. The van der Waals surface area contributed by atoms with E-state index in [9.17, 15) is 14.9 Å². The fourth-order valence-electron chi connectivity index (χ4n) is 3.46. The number of thiazole rings is 1. The number of anilines is 1. The Morgan fingerprint density at radius 3 is 2.66 bits per heavy atom. The zero-order valence-corrected chi connectivity index (χ0v) is 19.6. The minimum Gasteiger partial charge on any atom is -0.351 e. The zero-order chi connectivity index (χ0) is 22.5. The van der Waals surface area contributed by atoms with Gasteiger partial charge in [0.25, 0.3) is 5.69 Å². The summed E-state index contributed by atoms with van der Waals surface area (Å²) in [5.74, 6) is -0.178. The van der Waals surface area contributed by atoms with E-state index < -0.39 is 4.92 Å². The maximum Gasteiger partial charge on any atom is 0.269 e. The van der Waals surface area contributed by atoms with Crippen molar-refractivity contribution >= 4 is 60.3 Å². The Morgan fingerprint density at radius 2 is 1.94 bits per heavy atom. The number of carbonyl (C=O) groups is 1. The monoisotopic (exact) mass is 515 g/mol. The largest absolute Gasteiger partial charge is 0.351 e. The Balaban J connectivity index is 1.19. The first-order chi connectivity index (χ1) is 15.5. The van der Waals surface area contributed by atoms with Crippen LogP contribution in [0.25, 0.3) is 16.3 Å². The van der Waals surface area contributed by atoms with Gasteiger partial charge in [0.15, 0.2) is 5.13 Å². The van der Waals surface area contributed by atoms with Gasteiger partial charge in [0.2, 0.25) is 5.91 Å². The lowest BCUT2D eigenvalue weighted by Gasteiger charge is -2.34. The molecule has 0 spiro atoms. The number of nitrogens with one attached hydrogen (secondary N) is 1. The number of benzene rings is 2. The topological polar surface area (TPSA) is 91.6 Å². The number of non-ortho nitro benzene ring substituents is 1. The van der Waals surface area contributed by atoms with Crippen molar-refractivity contribution in [2.75, 3.05) is 44.2 Å². The molecule has 166 valence electrons. The fourth-order valence-corrected chi connectivity index (χ4v) is 5.03. The first-order valence-electron chi connectivity index (χ1n) is 10.2. The number of halogens is 1. The highest BCUT2D eigenvalue weighted by Gasteiger charge is 2.19. The number of fused-ring (bicyclic) bond motifs is 1. The summed E-state index contributed by atoms with van der Waals surface area (Å²) in [6.07, 6.45) is 3.10. The Morgan fingerprint density at radius 1 is 1.19 bits per heavy atom. The second kappa shape index (κ2) is 10.2. The minimum absolute atomic E-state index is 0.0305. The van der Waals surface area contributed by atoms with Gasteiger partial charge in [0.1, 0.15) is 0 Å². The number of nitro benzene ring substituents is 1. The van der Waals surface area contributed by atoms with Gasteiger partial charge in [0, 0.05) is 62.0 Å². The van der Waals surface area contributed by atoms with Crippen LogP contribution in [0.2, 0.25) is 0 Å². The lowest BCUT2D eigenvalue weighted by molar-refractivity contribution is -0.384. The third-order valence-corrected chi connectivity index (χ3v) is 6.81. The SMILES string of the molecule is O=C(/C=C\c1ccc([N+](=O)[O-])cc1)NCCN1CCN(c2nc3ccc(Br)cc3s2)CC1. The standard InChI is InChI=1S/C22H22BrN5O3S/c23-17-4-7-19-20(15-17)32-22(25-19)27-13-11-26(12-14-27)10-9-24-21(29)8-3-16-1-5-18(6-2-16)28(30)31/h1-8,15H,9-14H2,(H,24,29)/b8-3-. The van der Waals surface area contributed by atoms with Crippen molar-refractivity contribution in [3.05, 3.63) is 68.7 Å². The van der Waals surface area contributed by atoms with E-state index in [0.717, 1.165) is 53.4 Å². The van der Waals surface area contributed by atoms with Crippen LogP contribution in [0.3, 0.4) is 0 Å². The Kier molecular flexibility index (Phi) is 7.13. The van der Waals surface area contributed by atoms with Crippen LogP contribution in [-0.4, -0.2) is 60.0 Å². The molecule has 1 fully saturated rings. The molecule has 0 saturated carbocycles. The molecular weight excluding hydrogens is 494 g/mol. The number of piperazine rings is 1. The van der Waals surface area contributed by atoms with Crippen molar-refractivity contribution in [3.8, 4) is 0 Å². The summed E-state index contributed by atoms with van der Waals surface area (Å²) in [5.41, 5.74) is 1.80. The number of hydrogen-bond donors (Lipinski definition) is 1. The van der Waals surface area contributed by atoms with Crippen molar-refractivity contribution < 1.29 is 9.72 Å². The minimum atomic E-state index is -0.446. The maximum atomic E-state index is 12.0. The predicted octanol–water partition coefficient (Wildman–Crippen LogP) is 3.92. The first-order valence-corrected chi connectivity index (χ1v) is 11.8. The maximum absolute atomic E-state index is 12.0. The zero-order valence-electron chi connectivity index (χ0n) is 17.2. The number of rotatable bonds is 7. The Bertz CT molecular complexity index is 1140. The van der Waals surface area contributed by atoms with Crippen molar-refractivity contribution in [2.45, 2.75) is 0 Å². The van der Waals surface area contributed by atoms with Crippen LogP contribution in [0.5, 0.6) is 0 Å². The molecule has 1 saturated heterocycles.